The Hall–Kier alpha value is -1.55. The fourth-order valence-electron chi connectivity index (χ4n) is 2.97. The lowest BCUT2D eigenvalue weighted by atomic mass is 10.1. The van der Waals surface area contributed by atoms with E-state index in [0.29, 0.717) is 0 Å². The summed E-state index contributed by atoms with van der Waals surface area (Å²) in [5.74, 6) is -0.101. The van der Waals surface area contributed by atoms with Gasteiger partial charge in [-0.2, -0.15) is 0 Å². The van der Waals surface area contributed by atoms with Crippen LogP contribution >= 0.6 is 0 Å². The molecule has 2 aliphatic heterocycles. The van der Waals surface area contributed by atoms with Crippen LogP contribution in [0.25, 0.3) is 6.08 Å². The van der Waals surface area contributed by atoms with Gasteiger partial charge in [-0.15, -0.1) is 0 Å². The number of anilines is 2. The van der Waals surface area contributed by atoms with Crippen LogP contribution in [0.5, 0.6) is 0 Å². The predicted octanol–water partition coefficient (Wildman–Crippen LogP) is 2.43. The quantitative estimate of drug-likeness (QED) is 0.821. The Labute approximate surface area is 120 Å². The molecule has 20 heavy (non-hydrogen) atoms. The van der Waals surface area contributed by atoms with E-state index in [4.69, 9.17) is 0 Å². The second kappa shape index (κ2) is 5.44. The lowest BCUT2D eigenvalue weighted by Crippen LogP contribution is -2.45. The Morgan fingerprint density at radius 3 is 2.55 bits per heavy atom. The number of fused-ring (bicyclic) bond motifs is 1. The first-order valence-electron chi connectivity index (χ1n) is 7.37. The molecule has 4 heteroatoms. The maximum atomic E-state index is 14.4. The first-order chi connectivity index (χ1) is 9.69. The highest BCUT2D eigenvalue weighted by molar-refractivity contribution is 5.75. The van der Waals surface area contributed by atoms with E-state index < -0.39 is 0 Å². The maximum Gasteiger partial charge on any atom is 0.147 e. The third-order valence-electron chi connectivity index (χ3n) is 4.29. The van der Waals surface area contributed by atoms with Crippen LogP contribution in [0.2, 0.25) is 0 Å². The second-order valence-corrected chi connectivity index (χ2v) is 5.59. The monoisotopic (exact) mass is 275 g/mol. The van der Waals surface area contributed by atoms with Crippen LogP contribution in [0.3, 0.4) is 0 Å². The van der Waals surface area contributed by atoms with Crippen molar-refractivity contribution < 1.29 is 4.39 Å². The molecule has 108 valence electrons. The van der Waals surface area contributed by atoms with Gasteiger partial charge in [0.05, 0.1) is 5.69 Å². The molecule has 0 N–H and O–H groups in total. The highest BCUT2D eigenvalue weighted by Gasteiger charge is 2.21. The minimum absolute atomic E-state index is 0.101. The van der Waals surface area contributed by atoms with Crippen LogP contribution in [0.1, 0.15) is 12.5 Å². The number of halogens is 1. The van der Waals surface area contributed by atoms with Crippen molar-refractivity contribution in [1.82, 2.24) is 4.90 Å². The first kappa shape index (κ1) is 13.4. The Balaban J connectivity index is 1.94. The van der Waals surface area contributed by atoms with Crippen LogP contribution in [0.15, 0.2) is 18.2 Å². The Morgan fingerprint density at radius 2 is 1.85 bits per heavy atom. The molecule has 2 heterocycles. The number of likely N-dealkylation sites (N-methyl/N-ethyl adjacent to an activating group) is 2. The van der Waals surface area contributed by atoms with E-state index in [2.05, 4.69) is 34.7 Å². The fraction of sp³-hybridized carbons (Fsp3) is 0.500. The zero-order chi connectivity index (χ0) is 14.1. The SMILES string of the molecule is CCN1CC=Cc2cc(F)c(N3CCN(C)CC3)cc21. The summed E-state index contributed by atoms with van der Waals surface area (Å²) in [5, 5.41) is 0. The number of benzene rings is 1. The second-order valence-electron chi connectivity index (χ2n) is 5.59. The molecule has 1 saturated heterocycles. The van der Waals surface area contributed by atoms with Crippen LogP contribution in [0.4, 0.5) is 15.8 Å². The third-order valence-corrected chi connectivity index (χ3v) is 4.29. The van der Waals surface area contributed by atoms with E-state index in [9.17, 15) is 4.39 Å². The Bertz CT molecular complexity index is 519. The normalized spacial score (nSPS) is 19.4. The van der Waals surface area contributed by atoms with Crippen LogP contribution in [0, 0.1) is 5.82 Å². The number of rotatable bonds is 2. The van der Waals surface area contributed by atoms with Crippen molar-refractivity contribution in [2.45, 2.75) is 6.92 Å². The van der Waals surface area contributed by atoms with Crippen LogP contribution in [-0.4, -0.2) is 51.2 Å². The van der Waals surface area contributed by atoms with Gasteiger partial charge in [0.25, 0.3) is 0 Å². The predicted molar refractivity (Wildman–Crippen MR) is 83.0 cm³/mol. The van der Waals surface area contributed by atoms with E-state index in [0.717, 1.165) is 56.2 Å². The summed E-state index contributed by atoms with van der Waals surface area (Å²) >= 11 is 0. The summed E-state index contributed by atoms with van der Waals surface area (Å²) in [6.07, 6.45) is 4.12. The van der Waals surface area contributed by atoms with Crippen molar-refractivity contribution in [2.75, 3.05) is 56.1 Å². The van der Waals surface area contributed by atoms with Gasteiger partial charge < -0.3 is 14.7 Å². The first-order valence-corrected chi connectivity index (χ1v) is 7.37. The zero-order valence-corrected chi connectivity index (χ0v) is 12.3. The molecule has 2 aliphatic rings. The Morgan fingerprint density at radius 1 is 1.10 bits per heavy atom. The average Bonchev–Trinajstić information content (AvgIpc) is 2.47. The van der Waals surface area contributed by atoms with Gasteiger partial charge in [-0.3, -0.25) is 0 Å². The van der Waals surface area contributed by atoms with E-state index in [1.54, 1.807) is 6.07 Å². The van der Waals surface area contributed by atoms with Gasteiger partial charge >= 0.3 is 0 Å². The molecule has 0 unspecified atom stereocenters. The minimum atomic E-state index is -0.101. The lowest BCUT2D eigenvalue weighted by Gasteiger charge is -2.35. The molecule has 1 aromatic rings. The summed E-state index contributed by atoms with van der Waals surface area (Å²) in [6, 6.07) is 3.71. The summed E-state index contributed by atoms with van der Waals surface area (Å²) < 4.78 is 14.4. The summed E-state index contributed by atoms with van der Waals surface area (Å²) in [5.41, 5.74) is 2.91. The van der Waals surface area contributed by atoms with Crippen molar-refractivity contribution in [3.8, 4) is 0 Å². The van der Waals surface area contributed by atoms with E-state index >= 15 is 0 Å². The molecule has 0 bridgehead atoms. The van der Waals surface area contributed by atoms with Gasteiger partial charge in [-0.05, 0) is 26.1 Å². The third kappa shape index (κ3) is 2.40. The number of piperazine rings is 1. The van der Waals surface area contributed by atoms with Crippen molar-refractivity contribution in [2.24, 2.45) is 0 Å². The van der Waals surface area contributed by atoms with E-state index in [1.807, 2.05) is 12.1 Å². The van der Waals surface area contributed by atoms with Crippen LogP contribution < -0.4 is 9.80 Å². The van der Waals surface area contributed by atoms with Gasteiger partial charge in [0, 0.05) is 50.5 Å². The molecule has 0 aromatic heterocycles. The topological polar surface area (TPSA) is 9.72 Å². The molecule has 3 nitrogen and oxygen atoms in total. The average molecular weight is 275 g/mol. The van der Waals surface area contributed by atoms with Crippen molar-refractivity contribution in [3.05, 3.63) is 29.6 Å². The van der Waals surface area contributed by atoms with Gasteiger partial charge in [0.2, 0.25) is 0 Å². The molecule has 0 aliphatic carbocycles. The lowest BCUT2D eigenvalue weighted by molar-refractivity contribution is 0.311. The summed E-state index contributed by atoms with van der Waals surface area (Å²) in [7, 11) is 2.12. The van der Waals surface area contributed by atoms with Gasteiger partial charge in [0.15, 0.2) is 0 Å². The smallest absolute Gasteiger partial charge is 0.147 e. The fourth-order valence-corrected chi connectivity index (χ4v) is 2.97. The van der Waals surface area contributed by atoms with Gasteiger partial charge in [-0.1, -0.05) is 12.2 Å². The zero-order valence-electron chi connectivity index (χ0n) is 12.3. The maximum absolute atomic E-state index is 14.4. The van der Waals surface area contributed by atoms with E-state index in [1.165, 1.54) is 0 Å². The minimum Gasteiger partial charge on any atom is -0.368 e. The molecular weight excluding hydrogens is 253 g/mol. The number of nitrogens with zero attached hydrogens (tertiary/aromatic N) is 3. The molecular formula is C16H22FN3. The molecule has 0 amide bonds. The number of hydrogen-bond donors (Lipinski definition) is 0. The number of hydrogen-bond acceptors (Lipinski definition) is 3. The summed E-state index contributed by atoms with van der Waals surface area (Å²) in [4.78, 5) is 6.74. The molecule has 3 rings (SSSR count). The summed E-state index contributed by atoms with van der Waals surface area (Å²) in [6.45, 7) is 7.79. The molecule has 0 radical (unpaired) electrons. The van der Waals surface area contributed by atoms with Crippen LogP contribution in [-0.2, 0) is 0 Å². The standard InChI is InChI=1S/C16H22FN3/c1-3-19-6-4-5-13-11-14(17)16(12-15(13)19)20-9-7-18(2)8-10-20/h4-5,11-12H,3,6-10H2,1-2H3. The molecule has 1 fully saturated rings. The van der Waals surface area contributed by atoms with Gasteiger partial charge in [0.1, 0.15) is 5.82 Å². The van der Waals surface area contributed by atoms with Crippen molar-refractivity contribution in [1.29, 1.82) is 0 Å². The largest absolute Gasteiger partial charge is 0.368 e. The van der Waals surface area contributed by atoms with Gasteiger partial charge in [-0.25, -0.2) is 4.39 Å². The molecule has 0 spiro atoms. The van der Waals surface area contributed by atoms with E-state index in [-0.39, 0.29) is 5.82 Å². The highest BCUT2D eigenvalue weighted by atomic mass is 19.1. The molecule has 1 aromatic carbocycles. The molecule has 0 saturated carbocycles. The highest BCUT2D eigenvalue weighted by Crippen LogP contribution is 2.33. The molecule has 0 atom stereocenters. The van der Waals surface area contributed by atoms with Crippen molar-refractivity contribution in [3.63, 3.8) is 0 Å². The Kier molecular flexibility index (Phi) is 3.66. The van der Waals surface area contributed by atoms with Crippen molar-refractivity contribution >= 4 is 17.5 Å².